The third kappa shape index (κ3) is 52.3. The number of unbranched alkanes of at least 4 members (excludes halogenated alkanes) is 42. The van der Waals surface area contributed by atoms with Gasteiger partial charge in [0.15, 0.2) is 12.4 Å². The summed E-state index contributed by atoms with van der Waals surface area (Å²) in [4.78, 5) is 89.0. The molecule has 0 bridgehead atoms. The van der Waals surface area contributed by atoms with Gasteiger partial charge in [-0.1, -0.05) is 384 Å². The third-order valence-corrected chi connectivity index (χ3v) is 24.8. The van der Waals surface area contributed by atoms with Crippen molar-refractivity contribution in [2.24, 2.45) is 11.8 Å². The number of phosphoric acid groups is 1. The number of hydrogen-bond acceptors (Lipinski definition) is 17. The molecule has 9 atom stereocenters. The van der Waals surface area contributed by atoms with Gasteiger partial charge >= 0.3 is 25.7 Å². The molecule has 0 radical (unpaired) electrons. The van der Waals surface area contributed by atoms with E-state index in [4.69, 9.17) is 42.0 Å². The molecule has 3 aromatic carbocycles. The molecule has 19 heteroatoms. The van der Waals surface area contributed by atoms with Gasteiger partial charge < -0.3 is 47.9 Å². The molecule has 1 fully saturated rings. The summed E-state index contributed by atoms with van der Waals surface area (Å²) >= 11 is 0. The first kappa shape index (κ1) is 107. The molecule has 1 aliphatic rings. The van der Waals surface area contributed by atoms with Crippen LogP contribution in [0.15, 0.2) is 91.0 Å². The Hall–Kier alpha value is -5.49. The predicted octanol–water partition coefficient (Wildman–Crippen LogP) is 26.9. The molecule has 3 aromatic rings. The first-order valence-corrected chi connectivity index (χ1v) is 50.3. The van der Waals surface area contributed by atoms with Crippen LogP contribution in [0.3, 0.4) is 0 Å². The molecule has 0 spiro atoms. The number of para-hydroxylation sites is 2. The molecule has 0 aliphatic carbocycles. The van der Waals surface area contributed by atoms with Crippen LogP contribution in [-0.4, -0.2) is 103 Å². The number of aliphatic hydroxyl groups excluding tert-OH is 1. The van der Waals surface area contributed by atoms with Crippen LogP contribution in [0, 0.1) is 11.8 Å². The number of hydrogen-bond donors (Lipinski definition) is 2. The number of phosphoric ester groups is 1. The third-order valence-electron chi connectivity index (χ3n) is 23.4. The number of rotatable bonds is 81. The number of ketones is 2. The lowest BCUT2D eigenvalue weighted by atomic mass is 9.90. The second-order valence-corrected chi connectivity index (χ2v) is 35.9. The summed E-state index contributed by atoms with van der Waals surface area (Å²) in [6.45, 7) is 12.4. The fourth-order valence-corrected chi connectivity index (χ4v) is 17.5. The highest BCUT2D eigenvalue weighted by Gasteiger charge is 2.54. The van der Waals surface area contributed by atoms with Crippen molar-refractivity contribution in [3.63, 3.8) is 0 Å². The van der Waals surface area contributed by atoms with Crippen molar-refractivity contribution in [2.75, 3.05) is 19.8 Å². The van der Waals surface area contributed by atoms with Crippen molar-refractivity contribution in [1.29, 1.82) is 0 Å². The van der Waals surface area contributed by atoms with E-state index in [1.807, 2.05) is 30.3 Å². The number of ether oxygens (including phenoxy) is 6. The number of benzene rings is 3. The fourth-order valence-electron chi connectivity index (χ4n) is 16.1. The van der Waals surface area contributed by atoms with E-state index in [0.717, 1.165) is 179 Å². The molecule has 120 heavy (non-hydrogen) atoms. The Balaban J connectivity index is 1.88. The lowest BCUT2D eigenvalue weighted by Gasteiger charge is -2.45. The van der Waals surface area contributed by atoms with E-state index in [0.29, 0.717) is 57.8 Å². The summed E-state index contributed by atoms with van der Waals surface area (Å²) in [7, 11) is -4.99. The standard InChI is InChI=1S/C101H168NO17P/c1-7-13-19-25-31-34-40-43-54-66-85(91(104)73-61-46-37-28-22-16-10-4)78-97(109)116-100-98(102-94(106)80-90(72-56-45-42-36-33-27-21-15-9-3)114-96(108)75-63-48-39-30-24-18-12-6)101(115-93(81-103)99(100)119-120(110,117-87-67-57-50-58-68-87)118-88-69-59-51-60-70-88)112-77-76-86(83-111-82-84-64-52-49-53-65-84)92(105)79-89(71-55-44-41-35-32-26-20-14-8-2)113-95(107)74-62-47-38-29-23-17-11-5/h49-53,57-60,64-65,67-70,85-86,89-90,93,98-101,103H,7-48,54-56,61-63,66,71-83H2,1-6H3,(H,102,106)/t85-,86+,89-,90-,93-,98-,99-,100-,101-/m1/s1. The van der Waals surface area contributed by atoms with Gasteiger partial charge in [0.25, 0.3) is 0 Å². The van der Waals surface area contributed by atoms with Gasteiger partial charge in [-0.15, -0.1) is 0 Å². The molecule has 1 aliphatic heterocycles. The molecule has 1 heterocycles. The van der Waals surface area contributed by atoms with Gasteiger partial charge in [0.05, 0.1) is 39.3 Å². The first-order chi connectivity index (χ1) is 58.7. The number of nitrogens with one attached hydrogen (secondary N) is 1. The van der Waals surface area contributed by atoms with Crippen LogP contribution in [0.4, 0.5) is 0 Å². The lowest BCUT2D eigenvalue weighted by Crippen LogP contribution is -2.66. The minimum atomic E-state index is -4.99. The van der Waals surface area contributed by atoms with Crippen LogP contribution < -0.4 is 14.4 Å². The Kier molecular flexibility index (Phi) is 63.9. The maximum absolute atomic E-state index is 15.9. The number of aliphatic hydroxyl groups is 1. The predicted molar refractivity (Wildman–Crippen MR) is 485 cm³/mol. The second-order valence-electron chi connectivity index (χ2n) is 34.4. The van der Waals surface area contributed by atoms with Crippen LogP contribution in [0.25, 0.3) is 0 Å². The van der Waals surface area contributed by atoms with Gasteiger partial charge in [0.1, 0.15) is 53.5 Å². The van der Waals surface area contributed by atoms with Gasteiger partial charge in [0.2, 0.25) is 5.91 Å². The molecular weight excluding hydrogens is 1530 g/mol. The van der Waals surface area contributed by atoms with Gasteiger partial charge in [-0.25, -0.2) is 4.57 Å². The molecule has 684 valence electrons. The maximum atomic E-state index is 15.9. The zero-order valence-corrected chi connectivity index (χ0v) is 77.0. The van der Waals surface area contributed by atoms with Gasteiger partial charge in [-0.05, 0) is 87.6 Å². The fraction of sp³-hybridized carbons (Fsp3) is 0.762. The van der Waals surface area contributed by atoms with Crippen molar-refractivity contribution < 1.29 is 80.4 Å². The average molecular weight is 1700 g/mol. The average Bonchev–Trinajstić information content (AvgIpc) is 0.771. The van der Waals surface area contributed by atoms with Crippen molar-refractivity contribution in [3.8, 4) is 11.5 Å². The van der Waals surface area contributed by atoms with Gasteiger partial charge in [0, 0.05) is 37.5 Å². The summed E-state index contributed by atoms with van der Waals surface area (Å²) in [5, 5.41) is 14.9. The highest BCUT2D eigenvalue weighted by atomic mass is 31.2. The largest absolute Gasteiger partial charge is 0.588 e. The summed E-state index contributed by atoms with van der Waals surface area (Å²) in [6.07, 6.45) is 43.9. The lowest BCUT2D eigenvalue weighted by molar-refractivity contribution is -0.271. The molecule has 18 nitrogen and oxygen atoms in total. The van der Waals surface area contributed by atoms with E-state index < -0.39 is 87.0 Å². The van der Waals surface area contributed by atoms with E-state index in [1.54, 1.807) is 60.7 Å². The van der Waals surface area contributed by atoms with E-state index >= 15 is 18.9 Å². The summed E-state index contributed by atoms with van der Waals surface area (Å²) in [5.74, 6) is -3.72. The Morgan fingerprint density at radius 2 is 0.775 bits per heavy atom. The quantitative estimate of drug-likeness (QED) is 0.0231. The Bertz CT molecular complexity index is 3010. The van der Waals surface area contributed by atoms with Crippen LogP contribution in [-0.2, 0) is 72.9 Å². The molecule has 1 saturated heterocycles. The first-order valence-electron chi connectivity index (χ1n) is 48.9. The molecule has 0 unspecified atom stereocenters. The molecule has 1 amide bonds. The topological polar surface area (TPSA) is 235 Å². The normalized spacial score (nSPS) is 16.4. The molecule has 4 rings (SSSR count). The number of carbonyl (C=O) groups is 6. The zero-order valence-electron chi connectivity index (χ0n) is 76.1. The Labute approximate surface area is 728 Å². The number of amides is 1. The van der Waals surface area contributed by atoms with Gasteiger partial charge in [-0.2, -0.15) is 0 Å². The Morgan fingerprint density at radius 3 is 1.19 bits per heavy atom. The van der Waals surface area contributed by atoms with Crippen LogP contribution in [0.1, 0.15) is 420 Å². The molecular formula is C101H168NO17P. The van der Waals surface area contributed by atoms with E-state index in [-0.39, 0.29) is 87.4 Å². The monoisotopic (exact) mass is 1700 g/mol. The summed E-state index contributed by atoms with van der Waals surface area (Å²) in [5.41, 5.74) is 0.905. The summed E-state index contributed by atoms with van der Waals surface area (Å²) in [6, 6.07) is 24.7. The number of esters is 3. The van der Waals surface area contributed by atoms with E-state index in [9.17, 15) is 19.5 Å². The van der Waals surface area contributed by atoms with Crippen LogP contribution >= 0.6 is 7.82 Å². The van der Waals surface area contributed by atoms with E-state index in [2.05, 4.69) is 46.9 Å². The smallest absolute Gasteiger partial charge is 0.462 e. The molecule has 0 saturated carbocycles. The zero-order chi connectivity index (χ0) is 86.4. The van der Waals surface area contributed by atoms with E-state index in [1.165, 1.54) is 103 Å². The summed E-state index contributed by atoms with van der Waals surface area (Å²) < 4.78 is 74.7. The molecule has 0 aromatic heterocycles. The second kappa shape index (κ2) is 71.8. The van der Waals surface area contributed by atoms with Crippen molar-refractivity contribution >= 4 is 43.2 Å². The highest BCUT2D eigenvalue weighted by molar-refractivity contribution is 7.49. The van der Waals surface area contributed by atoms with Crippen molar-refractivity contribution in [2.45, 2.75) is 463 Å². The van der Waals surface area contributed by atoms with Crippen LogP contribution in [0.5, 0.6) is 11.5 Å². The minimum Gasteiger partial charge on any atom is -0.462 e. The van der Waals surface area contributed by atoms with Crippen molar-refractivity contribution in [3.05, 3.63) is 96.6 Å². The maximum Gasteiger partial charge on any atom is 0.588 e. The number of carbonyl (C=O) groups excluding carboxylic acids is 6. The molecule has 2 N–H and O–H groups in total. The number of Topliss-reactive ketones (excluding diaryl/α,β-unsaturated/α-hetero) is 2. The Morgan fingerprint density at radius 1 is 0.400 bits per heavy atom. The van der Waals surface area contributed by atoms with Crippen molar-refractivity contribution in [1.82, 2.24) is 5.32 Å². The SMILES string of the molecule is CCCCCCCCCCC[C@H](CC(=O)N[C@H]1[C@H](OCC[C@@H](COCc2ccccc2)C(=O)C[C@@H](CCCCCCCCCCC)OC(=O)CCCCCCCCC)O[C@H](CO)[C@@H](OP(=O)(Oc2ccccc2)Oc2ccccc2)[C@@H]1OC(=O)C[C@@H](CCCCCCCCCCC)C(=O)CCCCCCCCC)OC(=O)CCCCCCCCC. The van der Waals surface area contributed by atoms with Gasteiger partial charge in [-0.3, -0.25) is 33.3 Å². The highest BCUT2D eigenvalue weighted by Crippen LogP contribution is 2.53. The minimum absolute atomic E-state index is 0.0248. The van der Waals surface area contributed by atoms with Crippen LogP contribution in [0.2, 0.25) is 0 Å².